The first-order valence-electron chi connectivity index (χ1n) is 8.19. The van der Waals surface area contributed by atoms with Crippen LogP contribution in [0.3, 0.4) is 0 Å². The number of hydrogen-bond acceptors (Lipinski definition) is 1. The average molecular weight is 334 g/mol. The van der Waals surface area contributed by atoms with Gasteiger partial charge < -0.3 is 5.32 Å². The Morgan fingerprint density at radius 2 is 1.95 bits per heavy atom. The van der Waals surface area contributed by atoms with Gasteiger partial charge in [-0.15, -0.1) is 0 Å². The van der Waals surface area contributed by atoms with E-state index in [2.05, 4.69) is 52.4 Å². The summed E-state index contributed by atoms with van der Waals surface area (Å²) in [5.74, 6) is 2.82. The van der Waals surface area contributed by atoms with E-state index in [0.29, 0.717) is 5.41 Å². The second-order valence-electron chi connectivity index (χ2n) is 7.34. The van der Waals surface area contributed by atoms with Crippen molar-refractivity contribution in [1.82, 2.24) is 5.32 Å². The lowest BCUT2D eigenvalue weighted by molar-refractivity contribution is -0.0343. The summed E-state index contributed by atoms with van der Waals surface area (Å²) >= 11 is 3.67. The molecule has 1 aromatic carbocycles. The van der Waals surface area contributed by atoms with Crippen molar-refractivity contribution >= 4 is 15.9 Å². The monoisotopic (exact) mass is 333 g/mol. The summed E-state index contributed by atoms with van der Waals surface area (Å²) in [6.45, 7) is 3.39. The van der Waals surface area contributed by atoms with Gasteiger partial charge in [-0.1, -0.05) is 35.0 Å². The van der Waals surface area contributed by atoms with Crippen molar-refractivity contribution < 1.29 is 0 Å². The maximum absolute atomic E-state index is 3.80. The molecule has 1 nitrogen and oxygen atoms in total. The zero-order chi connectivity index (χ0) is 13.7. The van der Waals surface area contributed by atoms with Gasteiger partial charge in [-0.25, -0.2) is 0 Å². The molecule has 4 fully saturated rings. The Labute approximate surface area is 130 Å². The van der Waals surface area contributed by atoms with Crippen LogP contribution in [0.25, 0.3) is 0 Å². The van der Waals surface area contributed by atoms with E-state index in [-0.39, 0.29) is 0 Å². The summed E-state index contributed by atoms with van der Waals surface area (Å²) in [4.78, 5) is 0. The van der Waals surface area contributed by atoms with Crippen LogP contribution >= 0.6 is 15.9 Å². The zero-order valence-electron chi connectivity index (χ0n) is 12.2. The fourth-order valence-electron chi connectivity index (χ4n) is 5.77. The second kappa shape index (κ2) is 4.84. The standard InChI is InChI=1S/C18H24BrN/c1-2-20-17-13-6-12-7-14(17)11-18(9-12,10-13)15-4-3-5-16(19)8-15/h3-5,8,12-14,17,20H,2,6-7,9-11H2,1H3. The van der Waals surface area contributed by atoms with Crippen molar-refractivity contribution in [3.63, 3.8) is 0 Å². The number of rotatable bonds is 3. The third kappa shape index (κ3) is 1.99. The minimum Gasteiger partial charge on any atom is -0.314 e. The van der Waals surface area contributed by atoms with Gasteiger partial charge in [0.1, 0.15) is 0 Å². The van der Waals surface area contributed by atoms with Crippen molar-refractivity contribution in [2.75, 3.05) is 6.54 Å². The Morgan fingerprint density at radius 1 is 1.20 bits per heavy atom. The van der Waals surface area contributed by atoms with Crippen LogP contribution < -0.4 is 5.32 Å². The van der Waals surface area contributed by atoms with E-state index >= 15 is 0 Å². The normalized spacial score (nSPS) is 42.1. The summed E-state index contributed by atoms with van der Waals surface area (Å²) in [6.07, 6.45) is 7.21. The van der Waals surface area contributed by atoms with Crippen molar-refractivity contribution in [3.05, 3.63) is 34.3 Å². The molecule has 1 aromatic rings. The van der Waals surface area contributed by atoms with Crippen LogP contribution in [0.15, 0.2) is 28.7 Å². The van der Waals surface area contributed by atoms with Gasteiger partial charge in [0.05, 0.1) is 0 Å². The lowest BCUT2D eigenvalue weighted by Crippen LogP contribution is -2.59. The summed E-state index contributed by atoms with van der Waals surface area (Å²) in [7, 11) is 0. The Hall–Kier alpha value is -0.340. The Bertz CT molecular complexity index is 496. The third-order valence-electron chi connectivity index (χ3n) is 6.15. The van der Waals surface area contributed by atoms with E-state index in [4.69, 9.17) is 0 Å². The van der Waals surface area contributed by atoms with Gasteiger partial charge in [-0.3, -0.25) is 0 Å². The zero-order valence-corrected chi connectivity index (χ0v) is 13.8. The predicted molar refractivity (Wildman–Crippen MR) is 86.8 cm³/mol. The minimum absolute atomic E-state index is 0.492. The van der Waals surface area contributed by atoms with Gasteiger partial charge in [-0.2, -0.15) is 0 Å². The SMILES string of the molecule is CCNC1C2CC3CC1CC(c1cccc(Br)c1)(C3)C2. The Balaban J connectivity index is 1.68. The molecule has 4 aliphatic carbocycles. The largest absolute Gasteiger partial charge is 0.314 e. The van der Waals surface area contributed by atoms with Crippen LogP contribution in [0, 0.1) is 17.8 Å². The Morgan fingerprint density at radius 3 is 2.60 bits per heavy atom. The topological polar surface area (TPSA) is 12.0 Å². The van der Waals surface area contributed by atoms with E-state index in [1.807, 2.05) is 0 Å². The van der Waals surface area contributed by atoms with Crippen molar-refractivity contribution in [2.45, 2.75) is 50.5 Å². The van der Waals surface area contributed by atoms with Crippen LogP contribution in [-0.2, 0) is 5.41 Å². The lowest BCUT2D eigenvalue weighted by atomic mass is 9.46. The molecule has 2 unspecified atom stereocenters. The highest BCUT2D eigenvalue weighted by atomic mass is 79.9. The minimum atomic E-state index is 0.492. The van der Waals surface area contributed by atoms with Crippen molar-refractivity contribution in [1.29, 1.82) is 0 Å². The van der Waals surface area contributed by atoms with E-state index in [1.165, 1.54) is 36.6 Å². The van der Waals surface area contributed by atoms with Crippen LogP contribution in [0.1, 0.15) is 44.6 Å². The smallest absolute Gasteiger partial charge is 0.0178 e. The molecule has 108 valence electrons. The second-order valence-corrected chi connectivity index (χ2v) is 8.26. The van der Waals surface area contributed by atoms with Gasteiger partial charge in [0.2, 0.25) is 0 Å². The first kappa shape index (κ1) is 13.3. The first-order valence-corrected chi connectivity index (χ1v) is 8.99. The lowest BCUT2D eigenvalue weighted by Gasteiger charge is -2.60. The highest BCUT2D eigenvalue weighted by Crippen LogP contribution is 2.60. The van der Waals surface area contributed by atoms with Gasteiger partial charge >= 0.3 is 0 Å². The summed E-state index contributed by atoms with van der Waals surface area (Å²) < 4.78 is 1.24. The van der Waals surface area contributed by atoms with Gasteiger partial charge in [-0.05, 0) is 79.5 Å². The van der Waals surface area contributed by atoms with E-state index in [1.54, 1.807) is 5.56 Å². The van der Waals surface area contributed by atoms with Gasteiger partial charge in [0, 0.05) is 10.5 Å². The van der Waals surface area contributed by atoms with Crippen LogP contribution in [0.5, 0.6) is 0 Å². The molecule has 0 aromatic heterocycles. The van der Waals surface area contributed by atoms with Gasteiger partial charge in [0.15, 0.2) is 0 Å². The summed E-state index contributed by atoms with van der Waals surface area (Å²) in [6, 6.07) is 9.94. The number of benzene rings is 1. The molecule has 4 saturated carbocycles. The fourth-order valence-corrected chi connectivity index (χ4v) is 6.16. The molecule has 5 rings (SSSR count). The molecule has 4 aliphatic rings. The highest BCUT2D eigenvalue weighted by molar-refractivity contribution is 9.10. The molecule has 0 amide bonds. The van der Waals surface area contributed by atoms with E-state index in [9.17, 15) is 0 Å². The molecule has 0 heterocycles. The quantitative estimate of drug-likeness (QED) is 0.858. The number of hydrogen-bond donors (Lipinski definition) is 1. The van der Waals surface area contributed by atoms with E-state index < -0.39 is 0 Å². The molecule has 0 aliphatic heterocycles. The molecular formula is C18H24BrN. The number of nitrogens with one attached hydrogen (secondary N) is 1. The van der Waals surface area contributed by atoms with Crippen molar-refractivity contribution in [2.24, 2.45) is 17.8 Å². The molecule has 0 saturated heterocycles. The van der Waals surface area contributed by atoms with E-state index in [0.717, 1.165) is 30.3 Å². The van der Waals surface area contributed by atoms with Crippen LogP contribution in [0.2, 0.25) is 0 Å². The average Bonchev–Trinajstić information content (AvgIpc) is 2.42. The molecule has 2 heteroatoms. The van der Waals surface area contributed by atoms with Gasteiger partial charge in [0.25, 0.3) is 0 Å². The predicted octanol–water partition coefficient (Wildman–Crippen LogP) is 4.50. The maximum atomic E-state index is 3.80. The molecule has 4 bridgehead atoms. The first-order chi connectivity index (χ1) is 9.70. The molecule has 1 N–H and O–H groups in total. The molecule has 0 spiro atoms. The molecule has 2 atom stereocenters. The molecular weight excluding hydrogens is 310 g/mol. The number of halogens is 1. The summed E-state index contributed by atoms with van der Waals surface area (Å²) in [5.41, 5.74) is 2.09. The molecule has 20 heavy (non-hydrogen) atoms. The molecule has 0 radical (unpaired) electrons. The fraction of sp³-hybridized carbons (Fsp3) is 0.667. The van der Waals surface area contributed by atoms with Crippen LogP contribution in [-0.4, -0.2) is 12.6 Å². The van der Waals surface area contributed by atoms with Crippen LogP contribution in [0.4, 0.5) is 0 Å². The van der Waals surface area contributed by atoms with Crippen molar-refractivity contribution in [3.8, 4) is 0 Å². The Kier molecular flexibility index (Phi) is 3.23. The highest BCUT2D eigenvalue weighted by Gasteiger charge is 2.55. The third-order valence-corrected chi connectivity index (χ3v) is 6.64. The summed E-state index contributed by atoms with van der Waals surface area (Å²) in [5, 5.41) is 3.80. The maximum Gasteiger partial charge on any atom is 0.0178 e.